The van der Waals surface area contributed by atoms with Gasteiger partial charge in [-0.25, -0.2) is 8.42 Å². The van der Waals surface area contributed by atoms with Crippen LogP contribution in [0.2, 0.25) is 0 Å². The maximum atomic E-state index is 13.0. The minimum absolute atomic E-state index is 0.249. The Hall–Kier alpha value is -3.94. The van der Waals surface area contributed by atoms with Crippen LogP contribution in [0.3, 0.4) is 0 Å². The van der Waals surface area contributed by atoms with E-state index in [9.17, 15) is 13.2 Å². The summed E-state index contributed by atoms with van der Waals surface area (Å²) in [5.41, 5.74) is 3.10. The van der Waals surface area contributed by atoms with Gasteiger partial charge in [-0.05, 0) is 78.2 Å². The number of nitrogens with one attached hydrogen (secondary N) is 1. The van der Waals surface area contributed by atoms with Crippen molar-refractivity contribution in [1.82, 2.24) is 4.31 Å². The van der Waals surface area contributed by atoms with Gasteiger partial charge in [0.15, 0.2) is 0 Å². The number of amides is 1. The third-order valence-electron chi connectivity index (χ3n) is 5.92. The van der Waals surface area contributed by atoms with Gasteiger partial charge in [0.05, 0.1) is 4.90 Å². The molecule has 0 spiro atoms. The fourth-order valence-corrected chi connectivity index (χ4v) is 5.50. The predicted octanol–water partition coefficient (Wildman–Crippen LogP) is 5.48. The lowest BCUT2D eigenvalue weighted by Gasteiger charge is -2.28. The molecule has 0 aromatic heterocycles. The average Bonchev–Trinajstić information content (AvgIpc) is 2.90. The van der Waals surface area contributed by atoms with Gasteiger partial charge in [-0.3, -0.25) is 4.79 Å². The van der Waals surface area contributed by atoms with Gasteiger partial charge in [0.2, 0.25) is 10.0 Å². The quantitative estimate of drug-likeness (QED) is 0.393. The van der Waals surface area contributed by atoms with E-state index in [1.807, 2.05) is 48.5 Å². The van der Waals surface area contributed by atoms with Gasteiger partial charge in [0.1, 0.15) is 11.5 Å². The number of carbonyl (C=O) groups excluding carboxylic acids is 1. The number of carbonyl (C=O) groups is 1. The van der Waals surface area contributed by atoms with E-state index in [0.29, 0.717) is 30.0 Å². The maximum Gasteiger partial charge on any atom is 0.255 e. The number of hydrogen-bond donors (Lipinski definition) is 1. The summed E-state index contributed by atoms with van der Waals surface area (Å²) in [6.45, 7) is 0.690. The van der Waals surface area contributed by atoms with Gasteiger partial charge in [-0.15, -0.1) is 0 Å². The van der Waals surface area contributed by atoms with Crippen molar-refractivity contribution < 1.29 is 17.9 Å². The summed E-state index contributed by atoms with van der Waals surface area (Å²) in [5, 5.41) is 2.92. The molecule has 4 aromatic rings. The minimum Gasteiger partial charge on any atom is -0.457 e. The van der Waals surface area contributed by atoms with Crippen LogP contribution in [0.25, 0.3) is 0 Å². The van der Waals surface area contributed by atoms with Crippen molar-refractivity contribution in [3.63, 3.8) is 0 Å². The molecule has 0 radical (unpaired) electrons. The summed E-state index contributed by atoms with van der Waals surface area (Å²) in [7, 11) is -3.58. The molecule has 5 rings (SSSR count). The zero-order chi connectivity index (χ0) is 24.3. The summed E-state index contributed by atoms with van der Waals surface area (Å²) in [6, 6.07) is 30.5. The van der Waals surface area contributed by atoms with Gasteiger partial charge >= 0.3 is 0 Å². The van der Waals surface area contributed by atoms with Gasteiger partial charge < -0.3 is 10.1 Å². The Morgan fingerprint density at radius 3 is 2.14 bits per heavy atom. The number of ether oxygens (including phenoxy) is 1. The van der Waals surface area contributed by atoms with E-state index in [1.54, 1.807) is 54.6 Å². The van der Waals surface area contributed by atoms with E-state index in [1.165, 1.54) is 4.31 Å². The van der Waals surface area contributed by atoms with Crippen LogP contribution in [0.5, 0.6) is 11.5 Å². The van der Waals surface area contributed by atoms with Crippen LogP contribution in [-0.2, 0) is 23.0 Å². The molecule has 0 atom stereocenters. The molecule has 35 heavy (non-hydrogen) atoms. The average molecular weight is 485 g/mol. The van der Waals surface area contributed by atoms with Gasteiger partial charge in [-0.2, -0.15) is 4.31 Å². The normalized spacial score (nSPS) is 13.6. The lowest BCUT2D eigenvalue weighted by atomic mass is 10.0. The maximum absolute atomic E-state index is 13.0. The first kappa shape index (κ1) is 22.8. The summed E-state index contributed by atoms with van der Waals surface area (Å²) in [4.78, 5) is 13.1. The van der Waals surface area contributed by atoms with Crippen molar-refractivity contribution >= 4 is 21.6 Å². The fourth-order valence-electron chi connectivity index (χ4n) is 4.06. The number of hydrogen-bond acceptors (Lipinski definition) is 4. The van der Waals surface area contributed by atoms with Crippen LogP contribution < -0.4 is 10.1 Å². The summed E-state index contributed by atoms with van der Waals surface area (Å²) < 4.78 is 33.3. The van der Waals surface area contributed by atoms with Crippen LogP contribution in [0.15, 0.2) is 108 Å². The Bertz CT molecular complexity index is 1440. The topological polar surface area (TPSA) is 75.7 Å². The lowest BCUT2D eigenvalue weighted by Crippen LogP contribution is -2.36. The smallest absolute Gasteiger partial charge is 0.255 e. The molecule has 4 aromatic carbocycles. The van der Waals surface area contributed by atoms with Crippen molar-refractivity contribution in [2.45, 2.75) is 17.9 Å². The van der Waals surface area contributed by atoms with Crippen LogP contribution in [-0.4, -0.2) is 25.2 Å². The highest BCUT2D eigenvalue weighted by Crippen LogP contribution is 2.27. The highest BCUT2D eigenvalue weighted by atomic mass is 32.2. The summed E-state index contributed by atoms with van der Waals surface area (Å²) in [6.07, 6.45) is 0.624. The Morgan fingerprint density at radius 1 is 0.771 bits per heavy atom. The van der Waals surface area contributed by atoms with E-state index >= 15 is 0 Å². The fraction of sp³-hybridized carbons (Fsp3) is 0.107. The van der Waals surface area contributed by atoms with Crippen molar-refractivity contribution in [2.24, 2.45) is 0 Å². The predicted molar refractivity (Wildman–Crippen MR) is 135 cm³/mol. The molecular formula is C28H24N2O4S. The Morgan fingerprint density at radius 2 is 1.43 bits per heavy atom. The van der Waals surface area contributed by atoms with Gasteiger partial charge in [0, 0.05) is 24.3 Å². The zero-order valence-corrected chi connectivity index (χ0v) is 19.7. The number of nitrogens with zero attached hydrogens (tertiary/aromatic N) is 1. The van der Waals surface area contributed by atoms with E-state index in [0.717, 1.165) is 16.9 Å². The first-order valence-corrected chi connectivity index (χ1v) is 12.7. The van der Waals surface area contributed by atoms with Crippen molar-refractivity contribution in [1.29, 1.82) is 0 Å². The number of para-hydroxylation sites is 1. The highest BCUT2D eigenvalue weighted by Gasteiger charge is 2.28. The van der Waals surface area contributed by atoms with Gasteiger partial charge in [0.25, 0.3) is 5.91 Å². The standard InChI is InChI=1S/C28H24N2O4S/c31-28(22-12-15-26(16-13-22)34-25-7-3-1-4-8-25)29-24-14-11-21-17-18-30(20-23(21)19-24)35(32,33)27-9-5-2-6-10-27/h1-16,19H,17-18,20H2,(H,29,31). The molecule has 176 valence electrons. The molecule has 0 fully saturated rings. The molecule has 6 nitrogen and oxygen atoms in total. The lowest BCUT2D eigenvalue weighted by molar-refractivity contribution is 0.102. The second-order valence-corrected chi connectivity index (χ2v) is 10.2. The van der Waals surface area contributed by atoms with E-state index in [4.69, 9.17) is 4.74 Å². The molecule has 7 heteroatoms. The number of fused-ring (bicyclic) bond motifs is 1. The molecular weight excluding hydrogens is 460 g/mol. The minimum atomic E-state index is -3.58. The summed E-state index contributed by atoms with van der Waals surface area (Å²) in [5.74, 6) is 1.11. The molecule has 0 saturated carbocycles. The second kappa shape index (κ2) is 9.74. The molecule has 1 amide bonds. The molecule has 0 unspecified atom stereocenters. The van der Waals surface area contributed by atoms with Crippen LogP contribution in [0.1, 0.15) is 21.5 Å². The SMILES string of the molecule is O=C(Nc1ccc2c(c1)CN(S(=O)(=O)c1ccccc1)CC2)c1ccc(Oc2ccccc2)cc1. The zero-order valence-electron chi connectivity index (χ0n) is 18.9. The van der Waals surface area contributed by atoms with Crippen molar-refractivity contribution in [3.05, 3.63) is 120 Å². The van der Waals surface area contributed by atoms with Gasteiger partial charge in [-0.1, -0.05) is 42.5 Å². The molecule has 0 saturated heterocycles. The Balaban J connectivity index is 1.27. The summed E-state index contributed by atoms with van der Waals surface area (Å²) >= 11 is 0. The number of benzene rings is 4. The van der Waals surface area contributed by atoms with Crippen molar-refractivity contribution in [2.75, 3.05) is 11.9 Å². The third-order valence-corrected chi connectivity index (χ3v) is 7.78. The Kier molecular flexibility index (Phi) is 6.35. The highest BCUT2D eigenvalue weighted by molar-refractivity contribution is 7.89. The first-order valence-electron chi connectivity index (χ1n) is 11.3. The van der Waals surface area contributed by atoms with E-state index < -0.39 is 10.0 Å². The first-order chi connectivity index (χ1) is 17.0. The molecule has 1 heterocycles. The van der Waals surface area contributed by atoms with Crippen LogP contribution >= 0.6 is 0 Å². The second-order valence-electron chi connectivity index (χ2n) is 8.28. The van der Waals surface area contributed by atoms with Crippen LogP contribution in [0.4, 0.5) is 5.69 Å². The monoisotopic (exact) mass is 484 g/mol. The molecule has 1 aliphatic heterocycles. The molecule has 0 aliphatic carbocycles. The number of sulfonamides is 1. The molecule has 1 N–H and O–H groups in total. The number of rotatable bonds is 6. The molecule has 0 bridgehead atoms. The van der Waals surface area contributed by atoms with Crippen LogP contribution in [0, 0.1) is 0 Å². The van der Waals surface area contributed by atoms with E-state index in [-0.39, 0.29) is 17.3 Å². The third kappa shape index (κ3) is 5.11. The molecule has 1 aliphatic rings. The Labute approximate surface area is 204 Å². The van der Waals surface area contributed by atoms with Crippen molar-refractivity contribution in [3.8, 4) is 11.5 Å². The largest absolute Gasteiger partial charge is 0.457 e. The van der Waals surface area contributed by atoms with E-state index in [2.05, 4.69) is 5.32 Å². The number of anilines is 1.